The average Bonchev–Trinajstić information content (AvgIpc) is 3.05. The van der Waals surface area contributed by atoms with E-state index < -0.39 is 25.9 Å². The highest BCUT2D eigenvalue weighted by atomic mass is 32.2. The van der Waals surface area contributed by atoms with Gasteiger partial charge in [0.25, 0.3) is 0 Å². The van der Waals surface area contributed by atoms with Crippen LogP contribution in [-0.2, 0) is 29.4 Å². The molecule has 0 radical (unpaired) electrons. The zero-order valence-electron chi connectivity index (χ0n) is 17.7. The molecular formula is C20H29N3O6S2. The van der Waals surface area contributed by atoms with Crippen molar-refractivity contribution >= 4 is 37.4 Å². The van der Waals surface area contributed by atoms with Crippen LogP contribution < -0.4 is 10.0 Å². The smallest absolute Gasteiger partial charge is 0.240 e. The third-order valence-corrected chi connectivity index (χ3v) is 8.96. The minimum absolute atomic E-state index is 0.00954. The van der Waals surface area contributed by atoms with Gasteiger partial charge >= 0.3 is 0 Å². The zero-order valence-corrected chi connectivity index (χ0v) is 19.3. The lowest BCUT2D eigenvalue weighted by Gasteiger charge is -2.32. The number of nitrogens with one attached hydrogen (secondary N) is 2. The van der Waals surface area contributed by atoms with Crippen LogP contribution in [0.2, 0.25) is 0 Å². The summed E-state index contributed by atoms with van der Waals surface area (Å²) in [5.74, 6) is -0.531. The van der Waals surface area contributed by atoms with Crippen LogP contribution in [0.15, 0.2) is 29.2 Å². The molecular weight excluding hydrogens is 442 g/mol. The summed E-state index contributed by atoms with van der Waals surface area (Å²) in [6.45, 7) is 4.82. The summed E-state index contributed by atoms with van der Waals surface area (Å²) in [5.41, 5.74) is 0.480. The molecule has 1 aromatic rings. The topological polar surface area (TPSA) is 130 Å². The first-order valence-corrected chi connectivity index (χ1v) is 13.7. The van der Waals surface area contributed by atoms with E-state index >= 15 is 0 Å². The molecule has 0 aromatic heterocycles. The van der Waals surface area contributed by atoms with E-state index in [9.17, 15) is 26.4 Å². The Hall–Kier alpha value is -1.98. The van der Waals surface area contributed by atoms with Gasteiger partial charge in [-0.2, -0.15) is 0 Å². The number of amides is 2. The van der Waals surface area contributed by atoms with E-state index in [1.54, 1.807) is 4.90 Å². The lowest BCUT2D eigenvalue weighted by molar-refractivity contribution is -0.137. The summed E-state index contributed by atoms with van der Waals surface area (Å²) >= 11 is 0. The first-order chi connectivity index (χ1) is 14.5. The third kappa shape index (κ3) is 6.05. The molecule has 2 fully saturated rings. The SMILES string of the molecule is CC(C)C(=O)N1CCC(C(=O)Nc2ccc(S(=O)(=O)NC3CCS(=O)(=O)C3)cc2)CC1. The Morgan fingerprint density at radius 3 is 2.19 bits per heavy atom. The molecule has 1 atom stereocenters. The number of likely N-dealkylation sites (tertiary alicyclic amines) is 1. The van der Waals surface area contributed by atoms with Gasteiger partial charge in [-0.15, -0.1) is 0 Å². The number of nitrogens with zero attached hydrogens (tertiary/aromatic N) is 1. The molecule has 3 rings (SSSR count). The van der Waals surface area contributed by atoms with Crippen molar-refractivity contribution in [2.24, 2.45) is 11.8 Å². The number of anilines is 1. The maximum atomic E-state index is 12.5. The van der Waals surface area contributed by atoms with Crippen molar-refractivity contribution in [3.05, 3.63) is 24.3 Å². The number of rotatable bonds is 6. The predicted octanol–water partition coefficient (Wildman–Crippen LogP) is 0.985. The van der Waals surface area contributed by atoms with E-state index in [2.05, 4.69) is 10.0 Å². The second kappa shape index (κ2) is 9.25. The molecule has 0 aliphatic carbocycles. The Balaban J connectivity index is 1.54. The summed E-state index contributed by atoms with van der Waals surface area (Å²) in [6, 6.07) is 5.16. The van der Waals surface area contributed by atoms with Gasteiger partial charge in [-0.25, -0.2) is 21.6 Å². The van der Waals surface area contributed by atoms with Crippen molar-refractivity contribution < 1.29 is 26.4 Å². The molecule has 172 valence electrons. The van der Waals surface area contributed by atoms with Crippen LogP contribution in [0.25, 0.3) is 0 Å². The largest absolute Gasteiger partial charge is 0.342 e. The highest BCUT2D eigenvalue weighted by Gasteiger charge is 2.32. The van der Waals surface area contributed by atoms with Gasteiger partial charge in [0, 0.05) is 36.7 Å². The molecule has 2 N–H and O–H groups in total. The van der Waals surface area contributed by atoms with Crippen LogP contribution in [0.1, 0.15) is 33.1 Å². The highest BCUT2D eigenvalue weighted by Crippen LogP contribution is 2.22. The summed E-state index contributed by atoms with van der Waals surface area (Å²) in [6.07, 6.45) is 1.44. The number of sulfone groups is 1. The van der Waals surface area contributed by atoms with Crippen molar-refractivity contribution in [2.45, 2.75) is 44.0 Å². The summed E-state index contributed by atoms with van der Waals surface area (Å²) in [5, 5.41) is 2.80. The van der Waals surface area contributed by atoms with Crippen molar-refractivity contribution in [3.8, 4) is 0 Å². The van der Waals surface area contributed by atoms with E-state index in [1.807, 2.05) is 13.8 Å². The van der Waals surface area contributed by atoms with E-state index in [1.165, 1.54) is 24.3 Å². The lowest BCUT2D eigenvalue weighted by atomic mass is 9.95. The number of piperidine rings is 1. The molecule has 2 saturated heterocycles. The average molecular weight is 472 g/mol. The molecule has 2 amide bonds. The number of carbonyl (C=O) groups is 2. The molecule has 9 nitrogen and oxygen atoms in total. The Kier molecular flexibility index (Phi) is 7.07. The molecule has 2 aliphatic rings. The Morgan fingerprint density at radius 2 is 1.68 bits per heavy atom. The Labute approximate surface area is 183 Å². The van der Waals surface area contributed by atoms with E-state index in [4.69, 9.17) is 0 Å². The molecule has 1 unspecified atom stereocenters. The van der Waals surface area contributed by atoms with Crippen molar-refractivity contribution in [1.82, 2.24) is 9.62 Å². The standard InChI is InChI=1S/C20H29N3O6S2/c1-14(2)20(25)23-10-7-15(8-11-23)19(24)21-16-3-5-18(6-4-16)31(28,29)22-17-9-12-30(26,27)13-17/h3-6,14-15,17,22H,7-13H2,1-2H3,(H,21,24). The summed E-state index contributed by atoms with van der Waals surface area (Å²) < 4.78 is 50.5. The minimum atomic E-state index is -3.85. The Bertz CT molecular complexity index is 1030. The van der Waals surface area contributed by atoms with E-state index in [0.717, 1.165) is 0 Å². The molecule has 31 heavy (non-hydrogen) atoms. The fraction of sp³-hybridized carbons (Fsp3) is 0.600. The van der Waals surface area contributed by atoms with Crippen LogP contribution in [0.5, 0.6) is 0 Å². The van der Waals surface area contributed by atoms with Crippen molar-refractivity contribution in [2.75, 3.05) is 29.9 Å². The van der Waals surface area contributed by atoms with Gasteiger partial charge in [-0.05, 0) is 43.5 Å². The van der Waals surface area contributed by atoms with Gasteiger partial charge in [0.15, 0.2) is 9.84 Å². The predicted molar refractivity (Wildman–Crippen MR) is 117 cm³/mol. The summed E-state index contributed by atoms with van der Waals surface area (Å²) in [7, 11) is -7.04. The molecule has 0 spiro atoms. The molecule has 1 aromatic carbocycles. The third-order valence-electron chi connectivity index (χ3n) is 5.66. The summed E-state index contributed by atoms with van der Waals surface area (Å²) in [4.78, 5) is 26.4. The van der Waals surface area contributed by atoms with Crippen LogP contribution in [0, 0.1) is 11.8 Å². The number of hydrogen-bond acceptors (Lipinski definition) is 6. The monoisotopic (exact) mass is 471 g/mol. The van der Waals surface area contributed by atoms with Crippen molar-refractivity contribution in [1.29, 1.82) is 0 Å². The number of hydrogen-bond donors (Lipinski definition) is 2. The number of benzene rings is 1. The molecule has 11 heteroatoms. The fourth-order valence-electron chi connectivity index (χ4n) is 3.86. The van der Waals surface area contributed by atoms with Gasteiger partial charge in [0.05, 0.1) is 16.4 Å². The van der Waals surface area contributed by atoms with Crippen LogP contribution in [0.4, 0.5) is 5.69 Å². The van der Waals surface area contributed by atoms with Gasteiger partial charge < -0.3 is 10.2 Å². The zero-order chi connectivity index (χ0) is 22.8. The normalized spacial score (nSPS) is 21.9. The van der Waals surface area contributed by atoms with Gasteiger partial charge in [-0.1, -0.05) is 13.8 Å². The van der Waals surface area contributed by atoms with Crippen LogP contribution >= 0.6 is 0 Å². The quantitative estimate of drug-likeness (QED) is 0.636. The number of carbonyl (C=O) groups excluding carboxylic acids is 2. The maximum Gasteiger partial charge on any atom is 0.240 e. The van der Waals surface area contributed by atoms with Crippen molar-refractivity contribution in [3.63, 3.8) is 0 Å². The second-order valence-electron chi connectivity index (χ2n) is 8.49. The maximum absolute atomic E-state index is 12.5. The van der Waals surface area contributed by atoms with Gasteiger partial charge in [0.2, 0.25) is 21.8 Å². The molecule has 0 bridgehead atoms. The lowest BCUT2D eigenvalue weighted by Crippen LogP contribution is -2.43. The number of sulfonamides is 1. The molecule has 2 heterocycles. The second-order valence-corrected chi connectivity index (χ2v) is 12.4. The minimum Gasteiger partial charge on any atom is -0.342 e. The Morgan fingerprint density at radius 1 is 1.06 bits per heavy atom. The van der Waals surface area contributed by atoms with Gasteiger partial charge in [-0.3, -0.25) is 9.59 Å². The van der Waals surface area contributed by atoms with E-state index in [0.29, 0.717) is 31.6 Å². The molecule has 0 saturated carbocycles. The molecule has 2 aliphatic heterocycles. The first-order valence-electron chi connectivity index (χ1n) is 10.4. The van der Waals surface area contributed by atoms with Gasteiger partial charge in [0.1, 0.15) is 0 Å². The van der Waals surface area contributed by atoms with E-state index in [-0.39, 0.29) is 46.5 Å². The fourth-order valence-corrected chi connectivity index (χ4v) is 6.91. The van der Waals surface area contributed by atoms with Crippen LogP contribution in [-0.4, -0.2) is 64.2 Å². The highest BCUT2D eigenvalue weighted by molar-refractivity contribution is 7.92. The van der Waals surface area contributed by atoms with Crippen LogP contribution in [0.3, 0.4) is 0 Å². The first kappa shape index (κ1) is 23.7.